The number of amides is 1. The minimum Gasteiger partial charge on any atom is -0.490 e. The Labute approximate surface area is 197 Å². The van der Waals surface area contributed by atoms with E-state index in [4.69, 9.17) is 21.1 Å². The van der Waals surface area contributed by atoms with Crippen LogP contribution in [0.15, 0.2) is 66.2 Å². The molecule has 0 aliphatic carbocycles. The normalized spacial score (nSPS) is 10.9. The molecule has 3 rings (SSSR count). The van der Waals surface area contributed by atoms with Crippen LogP contribution in [0.5, 0.6) is 11.5 Å². The van der Waals surface area contributed by atoms with Gasteiger partial charge in [-0.1, -0.05) is 35.9 Å². The quantitative estimate of drug-likeness (QED) is 0.313. The molecule has 1 N–H and O–H groups in total. The van der Waals surface area contributed by atoms with E-state index in [1.807, 2.05) is 19.9 Å². The average molecular weight is 465 g/mol. The SMILES string of the molecule is CCOc1cc(/C=C(\C#N)C(=O)Nc2ccc(C)c(Cl)c2)ccc1OCc1ccc(F)cc1. The third kappa shape index (κ3) is 6.58. The molecule has 0 saturated heterocycles. The Morgan fingerprint density at radius 1 is 1.09 bits per heavy atom. The van der Waals surface area contributed by atoms with Crippen molar-refractivity contribution in [2.45, 2.75) is 20.5 Å². The van der Waals surface area contributed by atoms with Gasteiger partial charge in [0.05, 0.1) is 6.61 Å². The van der Waals surface area contributed by atoms with Gasteiger partial charge in [-0.25, -0.2) is 4.39 Å². The summed E-state index contributed by atoms with van der Waals surface area (Å²) in [6, 6.07) is 18.2. The Kier molecular flexibility index (Phi) is 8.06. The van der Waals surface area contributed by atoms with Crippen LogP contribution >= 0.6 is 11.6 Å². The molecule has 0 saturated carbocycles. The fourth-order valence-corrected chi connectivity index (χ4v) is 3.11. The summed E-state index contributed by atoms with van der Waals surface area (Å²) < 4.78 is 24.6. The summed E-state index contributed by atoms with van der Waals surface area (Å²) in [5.41, 5.74) is 2.71. The molecule has 7 heteroatoms. The molecular formula is C26H22ClFN2O3. The molecule has 0 radical (unpaired) electrons. The first kappa shape index (κ1) is 23.8. The maximum atomic E-state index is 13.1. The lowest BCUT2D eigenvalue weighted by atomic mass is 10.1. The van der Waals surface area contributed by atoms with Crippen molar-refractivity contribution in [2.75, 3.05) is 11.9 Å². The average Bonchev–Trinajstić information content (AvgIpc) is 2.80. The fraction of sp³-hybridized carbons (Fsp3) is 0.154. The molecule has 168 valence electrons. The van der Waals surface area contributed by atoms with Gasteiger partial charge in [0.25, 0.3) is 5.91 Å². The summed E-state index contributed by atoms with van der Waals surface area (Å²) in [4.78, 5) is 12.6. The molecule has 0 bridgehead atoms. The molecule has 0 atom stereocenters. The highest BCUT2D eigenvalue weighted by molar-refractivity contribution is 6.31. The number of halogens is 2. The molecule has 5 nitrogen and oxygen atoms in total. The molecule has 3 aromatic rings. The molecule has 0 heterocycles. The molecule has 3 aromatic carbocycles. The molecule has 0 aliphatic heterocycles. The van der Waals surface area contributed by atoms with Crippen molar-refractivity contribution in [3.8, 4) is 17.6 Å². The van der Waals surface area contributed by atoms with E-state index in [0.717, 1.165) is 11.1 Å². The number of hydrogen-bond donors (Lipinski definition) is 1. The summed E-state index contributed by atoms with van der Waals surface area (Å²) in [5, 5.41) is 12.7. The van der Waals surface area contributed by atoms with E-state index in [0.29, 0.717) is 34.4 Å². The van der Waals surface area contributed by atoms with Gasteiger partial charge < -0.3 is 14.8 Å². The zero-order chi connectivity index (χ0) is 23.8. The van der Waals surface area contributed by atoms with E-state index in [2.05, 4.69) is 5.32 Å². The first-order valence-electron chi connectivity index (χ1n) is 10.2. The van der Waals surface area contributed by atoms with Crippen LogP contribution in [0.3, 0.4) is 0 Å². The summed E-state index contributed by atoms with van der Waals surface area (Å²) in [6.07, 6.45) is 1.47. The zero-order valence-corrected chi connectivity index (χ0v) is 18.9. The number of rotatable bonds is 8. The first-order valence-corrected chi connectivity index (χ1v) is 10.6. The van der Waals surface area contributed by atoms with Gasteiger partial charge in [0, 0.05) is 10.7 Å². The van der Waals surface area contributed by atoms with Gasteiger partial charge in [-0.3, -0.25) is 4.79 Å². The van der Waals surface area contributed by atoms with Gasteiger partial charge in [-0.15, -0.1) is 0 Å². The van der Waals surface area contributed by atoms with Crippen molar-refractivity contribution in [3.63, 3.8) is 0 Å². The summed E-state index contributed by atoms with van der Waals surface area (Å²) in [6.45, 7) is 4.34. The van der Waals surface area contributed by atoms with Gasteiger partial charge in [0.2, 0.25) is 0 Å². The Morgan fingerprint density at radius 2 is 1.85 bits per heavy atom. The van der Waals surface area contributed by atoms with Gasteiger partial charge in [-0.2, -0.15) is 5.26 Å². The van der Waals surface area contributed by atoms with Crippen molar-refractivity contribution in [3.05, 3.63) is 93.8 Å². The number of aryl methyl sites for hydroxylation is 1. The van der Waals surface area contributed by atoms with Gasteiger partial charge in [-0.05, 0) is 73.0 Å². The van der Waals surface area contributed by atoms with Crippen molar-refractivity contribution in [2.24, 2.45) is 0 Å². The Balaban J connectivity index is 1.77. The van der Waals surface area contributed by atoms with Crippen LogP contribution in [0.25, 0.3) is 6.08 Å². The molecular weight excluding hydrogens is 443 g/mol. The lowest BCUT2D eigenvalue weighted by Gasteiger charge is -2.13. The number of carbonyl (C=O) groups excluding carboxylic acids is 1. The van der Waals surface area contributed by atoms with E-state index >= 15 is 0 Å². The molecule has 0 unspecified atom stereocenters. The maximum absolute atomic E-state index is 13.1. The second-order valence-corrected chi connectivity index (χ2v) is 7.55. The zero-order valence-electron chi connectivity index (χ0n) is 18.2. The van der Waals surface area contributed by atoms with Crippen LogP contribution in [0.2, 0.25) is 5.02 Å². The maximum Gasteiger partial charge on any atom is 0.266 e. The lowest BCUT2D eigenvalue weighted by molar-refractivity contribution is -0.112. The number of carbonyl (C=O) groups is 1. The summed E-state index contributed by atoms with van der Waals surface area (Å²) >= 11 is 6.10. The summed E-state index contributed by atoms with van der Waals surface area (Å²) in [5.74, 6) is 0.103. The van der Waals surface area contributed by atoms with Crippen molar-refractivity contribution < 1.29 is 18.7 Å². The van der Waals surface area contributed by atoms with Crippen LogP contribution in [0.4, 0.5) is 10.1 Å². The predicted octanol–water partition coefficient (Wildman–Crippen LogP) is 6.31. The highest BCUT2D eigenvalue weighted by Crippen LogP contribution is 2.30. The Hall–Kier alpha value is -3.82. The van der Waals surface area contributed by atoms with Crippen LogP contribution < -0.4 is 14.8 Å². The van der Waals surface area contributed by atoms with E-state index in [1.165, 1.54) is 18.2 Å². The molecule has 0 aromatic heterocycles. The first-order chi connectivity index (χ1) is 15.9. The smallest absolute Gasteiger partial charge is 0.266 e. The van der Waals surface area contributed by atoms with Crippen LogP contribution in [-0.4, -0.2) is 12.5 Å². The second-order valence-electron chi connectivity index (χ2n) is 7.14. The highest BCUT2D eigenvalue weighted by Gasteiger charge is 2.12. The van der Waals surface area contributed by atoms with Crippen LogP contribution in [-0.2, 0) is 11.4 Å². The molecule has 1 amide bonds. The fourth-order valence-electron chi connectivity index (χ4n) is 2.93. The minimum absolute atomic E-state index is 0.0749. The third-order valence-corrected chi connectivity index (χ3v) is 5.09. The van der Waals surface area contributed by atoms with Crippen molar-refractivity contribution in [1.82, 2.24) is 0 Å². The molecule has 0 spiro atoms. The van der Waals surface area contributed by atoms with Crippen LogP contribution in [0, 0.1) is 24.1 Å². The summed E-state index contributed by atoms with van der Waals surface area (Å²) in [7, 11) is 0. The van der Waals surface area contributed by atoms with E-state index < -0.39 is 5.91 Å². The predicted molar refractivity (Wildman–Crippen MR) is 127 cm³/mol. The Bertz CT molecular complexity index is 1220. The molecule has 0 fully saturated rings. The number of benzene rings is 3. The largest absolute Gasteiger partial charge is 0.490 e. The van der Waals surface area contributed by atoms with Gasteiger partial charge in [0.15, 0.2) is 11.5 Å². The molecule has 33 heavy (non-hydrogen) atoms. The van der Waals surface area contributed by atoms with E-state index in [1.54, 1.807) is 48.5 Å². The number of nitrogens with zero attached hydrogens (tertiary/aromatic N) is 1. The Morgan fingerprint density at radius 3 is 2.52 bits per heavy atom. The second kappa shape index (κ2) is 11.2. The third-order valence-electron chi connectivity index (χ3n) is 4.68. The van der Waals surface area contributed by atoms with E-state index in [-0.39, 0.29) is 18.0 Å². The lowest BCUT2D eigenvalue weighted by Crippen LogP contribution is -2.13. The topological polar surface area (TPSA) is 71.3 Å². The number of hydrogen-bond acceptors (Lipinski definition) is 4. The van der Waals surface area contributed by atoms with Crippen LogP contribution in [0.1, 0.15) is 23.6 Å². The number of ether oxygens (including phenoxy) is 2. The standard InChI is InChI=1S/C26H22ClFN2O3/c1-3-32-25-13-19(7-11-24(25)33-16-18-5-8-21(28)9-6-18)12-20(15-29)26(31)30-22-10-4-17(2)23(27)14-22/h4-14H,3,16H2,1-2H3,(H,30,31)/b20-12+. The number of nitriles is 1. The number of nitrogens with one attached hydrogen (secondary N) is 1. The van der Waals surface area contributed by atoms with E-state index in [9.17, 15) is 14.4 Å². The van der Waals surface area contributed by atoms with Gasteiger partial charge in [0.1, 0.15) is 24.1 Å². The highest BCUT2D eigenvalue weighted by atomic mass is 35.5. The van der Waals surface area contributed by atoms with Gasteiger partial charge >= 0.3 is 0 Å². The molecule has 0 aliphatic rings. The van der Waals surface area contributed by atoms with Crippen molar-refractivity contribution in [1.29, 1.82) is 5.26 Å². The minimum atomic E-state index is -0.549. The van der Waals surface area contributed by atoms with Crippen molar-refractivity contribution >= 4 is 29.3 Å². The monoisotopic (exact) mass is 464 g/mol. The number of anilines is 1.